The fourth-order valence-corrected chi connectivity index (χ4v) is 3.98. The third-order valence-electron chi connectivity index (χ3n) is 5.81. The first-order valence-electron chi connectivity index (χ1n) is 10.6. The number of fused-ring (bicyclic) bond motifs is 1. The maximum absolute atomic E-state index is 13.1. The zero-order chi connectivity index (χ0) is 23.8. The molecule has 1 aliphatic heterocycles. The Balaban J connectivity index is 1.47. The van der Waals surface area contributed by atoms with Crippen LogP contribution in [0.4, 0.5) is 8.78 Å². The van der Waals surface area contributed by atoms with E-state index < -0.39 is 23.6 Å². The van der Waals surface area contributed by atoms with Crippen molar-refractivity contribution in [1.82, 2.24) is 29.6 Å². The van der Waals surface area contributed by atoms with Crippen LogP contribution in [0.15, 0.2) is 56.6 Å². The molecular formula is C23H20F2N6O3. The molecule has 0 saturated carbocycles. The molecule has 0 amide bonds. The largest absolute Gasteiger partial charge is 0.415 e. The summed E-state index contributed by atoms with van der Waals surface area (Å²) in [6.45, 7) is 1.63. The highest BCUT2D eigenvalue weighted by Crippen LogP contribution is 2.24. The van der Waals surface area contributed by atoms with Gasteiger partial charge >= 0.3 is 12.1 Å². The number of nitrogens with one attached hydrogen (secondary N) is 1. The van der Waals surface area contributed by atoms with Gasteiger partial charge in [-0.2, -0.15) is 8.78 Å². The zero-order valence-corrected chi connectivity index (χ0v) is 18.2. The van der Waals surface area contributed by atoms with Crippen LogP contribution in [0.1, 0.15) is 30.0 Å². The second-order valence-electron chi connectivity index (χ2n) is 7.93. The summed E-state index contributed by atoms with van der Waals surface area (Å²) in [5.74, 6) is -0.863. The third-order valence-corrected chi connectivity index (χ3v) is 5.81. The predicted molar refractivity (Wildman–Crippen MR) is 121 cm³/mol. The molecular weight excluding hydrogens is 446 g/mol. The zero-order valence-electron chi connectivity index (χ0n) is 18.2. The highest BCUT2D eigenvalue weighted by Gasteiger charge is 2.18. The summed E-state index contributed by atoms with van der Waals surface area (Å²) in [6.07, 6.45) is 1.50. The maximum Gasteiger partial charge on any atom is 0.331 e. The van der Waals surface area contributed by atoms with Crippen LogP contribution in [0.3, 0.4) is 0 Å². The van der Waals surface area contributed by atoms with Crippen LogP contribution in [0.2, 0.25) is 0 Å². The maximum atomic E-state index is 13.1. The summed E-state index contributed by atoms with van der Waals surface area (Å²) < 4.78 is 32.8. The minimum absolute atomic E-state index is 0.0492. The number of aryl methyl sites for hydroxylation is 1. The average Bonchev–Trinajstić information content (AvgIpc) is 3.37. The number of halogens is 2. The minimum Gasteiger partial charge on any atom is -0.415 e. The molecule has 0 atom stereocenters. The topological polar surface area (TPSA) is 108 Å². The van der Waals surface area contributed by atoms with Crippen LogP contribution in [-0.4, -0.2) is 37.4 Å². The standard InChI is InChI=1S/C23H20F2N6O3/c1-30-18-10-14(13-6-8-26-9-7-13)3-5-17(18)22(32)31(23(30)33)12-16-4-2-15(11-27-16)20-28-29-21(34-20)19(24)25/h2-6,10-11,19,26H,7-9,12H2,1H3. The van der Waals surface area contributed by atoms with E-state index in [0.29, 0.717) is 22.2 Å². The summed E-state index contributed by atoms with van der Waals surface area (Å²) in [4.78, 5) is 30.4. The van der Waals surface area contributed by atoms with Gasteiger partial charge in [-0.25, -0.2) is 4.79 Å². The monoisotopic (exact) mass is 466 g/mol. The van der Waals surface area contributed by atoms with E-state index in [1.165, 1.54) is 16.3 Å². The Morgan fingerprint density at radius 2 is 1.97 bits per heavy atom. The van der Waals surface area contributed by atoms with E-state index in [1.54, 1.807) is 25.2 Å². The molecule has 5 rings (SSSR count). The van der Waals surface area contributed by atoms with Gasteiger partial charge in [0.2, 0.25) is 5.89 Å². The Bertz CT molecular complexity index is 1520. The molecule has 0 unspecified atom stereocenters. The lowest BCUT2D eigenvalue weighted by molar-refractivity contribution is 0.116. The number of nitrogens with zero attached hydrogens (tertiary/aromatic N) is 5. The van der Waals surface area contributed by atoms with Gasteiger partial charge in [0.15, 0.2) is 0 Å². The van der Waals surface area contributed by atoms with E-state index in [9.17, 15) is 18.4 Å². The molecule has 3 aromatic heterocycles. The second-order valence-corrected chi connectivity index (χ2v) is 7.93. The Morgan fingerprint density at radius 1 is 1.15 bits per heavy atom. The lowest BCUT2D eigenvalue weighted by Crippen LogP contribution is -2.39. The van der Waals surface area contributed by atoms with Crippen molar-refractivity contribution < 1.29 is 13.2 Å². The molecule has 4 heterocycles. The van der Waals surface area contributed by atoms with Crippen LogP contribution in [-0.2, 0) is 13.6 Å². The van der Waals surface area contributed by atoms with Crippen LogP contribution in [0, 0.1) is 0 Å². The molecule has 1 aliphatic rings. The van der Waals surface area contributed by atoms with Crippen LogP contribution < -0.4 is 16.6 Å². The van der Waals surface area contributed by atoms with Crippen molar-refractivity contribution in [3.63, 3.8) is 0 Å². The molecule has 1 aromatic carbocycles. The molecule has 1 N–H and O–H groups in total. The first-order chi connectivity index (χ1) is 16.4. The van der Waals surface area contributed by atoms with Crippen molar-refractivity contribution in [2.75, 3.05) is 13.1 Å². The summed E-state index contributed by atoms with van der Waals surface area (Å²) in [7, 11) is 1.63. The van der Waals surface area contributed by atoms with Crippen molar-refractivity contribution in [3.05, 3.63) is 80.6 Å². The minimum atomic E-state index is -2.86. The van der Waals surface area contributed by atoms with Crippen molar-refractivity contribution in [2.24, 2.45) is 7.05 Å². The van der Waals surface area contributed by atoms with Crippen molar-refractivity contribution in [2.45, 2.75) is 19.4 Å². The Kier molecular flexibility index (Phi) is 5.62. The second kappa shape index (κ2) is 8.75. The summed E-state index contributed by atoms with van der Waals surface area (Å²) in [5, 5.41) is 10.6. The number of aromatic nitrogens is 5. The van der Waals surface area contributed by atoms with E-state index in [2.05, 4.69) is 26.6 Å². The summed E-state index contributed by atoms with van der Waals surface area (Å²) in [6, 6.07) is 8.66. The predicted octanol–water partition coefficient (Wildman–Crippen LogP) is 2.51. The lowest BCUT2D eigenvalue weighted by Gasteiger charge is -2.16. The number of rotatable bonds is 5. The number of pyridine rings is 1. The molecule has 11 heteroatoms. The van der Waals surface area contributed by atoms with Gasteiger partial charge in [0, 0.05) is 19.8 Å². The Hall–Kier alpha value is -3.99. The van der Waals surface area contributed by atoms with Crippen LogP contribution in [0.25, 0.3) is 27.9 Å². The van der Waals surface area contributed by atoms with Gasteiger partial charge in [0.05, 0.1) is 28.7 Å². The van der Waals surface area contributed by atoms with Crippen molar-refractivity contribution >= 4 is 16.5 Å². The molecule has 0 fully saturated rings. The molecule has 0 bridgehead atoms. The number of alkyl halides is 2. The lowest BCUT2D eigenvalue weighted by atomic mass is 9.99. The molecule has 0 aliphatic carbocycles. The number of benzene rings is 1. The fraction of sp³-hybridized carbons (Fsp3) is 0.261. The molecule has 9 nitrogen and oxygen atoms in total. The third kappa shape index (κ3) is 3.94. The fourth-order valence-electron chi connectivity index (χ4n) is 3.98. The molecule has 34 heavy (non-hydrogen) atoms. The smallest absolute Gasteiger partial charge is 0.331 e. The quantitative estimate of drug-likeness (QED) is 0.482. The van der Waals surface area contributed by atoms with Crippen molar-refractivity contribution in [3.8, 4) is 11.5 Å². The van der Waals surface area contributed by atoms with Gasteiger partial charge in [-0.3, -0.25) is 18.9 Å². The first-order valence-corrected chi connectivity index (χ1v) is 10.6. The molecule has 0 spiro atoms. The van der Waals surface area contributed by atoms with Gasteiger partial charge in [-0.05, 0) is 48.4 Å². The first kappa shape index (κ1) is 21.8. The highest BCUT2D eigenvalue weighted by atomic mass is 19.3. The van der Waals surface area contributed by atoms with E-state index in [-0.39, 0.29) is 12.4 Å². The summed E-state index contributed by atoms with van der Waals surface area (Å²) in [5.41, 5.74) is 2.66. The van der Waals surface area contributed by atoms with E-state index in [0.717, 1.165) is 29.6 Å². The Labute approximate surface area is 191 Å². The van der Waals surface area contributed by atoms with Gasteiger partial charge < -0.3 is 9.73 Å². The number of hydrogen-bond acceptors (Lipinski definition) is 7. The van der Waals surface area contributed by atoms with E-state index >= 15 is 0 Å². The van der Waals surface area contributed by atoms with E-state index in [1.807, 2.05) is 12.1 Å². The van der Waals surface area contributed by atoms with E-state index in [4.69, 9.17) is 4.42 Å². The molecule has 4 aromatic rings. The highest BCUT2D eigenvalue weighted by molar-refractivity contribution is 5.83. The summed E-state index contributed by atoms with van der Waals surface area (Å²) >= 11 is 0. The normalized spacial score (nSPS) is 14.1. The molecule has 174 valence electrons. The Morgan fingerprint density at radius 3 is 2.65 bits per heavy atom. The average molecular weight is 466 g/mol. The van der Waals surface area contributed by atoms with Gasteiger partial charge in [0.25, 0.3) is 11.4 Å². The SMILES string of the molecule is Cn1c(=O)n(Cc2ccc(-c3nnc(C(F)F)o3)cn2)c(=O)c2ccc(C3=CCNCC3)cc21. The van der Waals surface area contributed by atoms with Crippen LogP contribution in [0.5, 0.6) is 0 Å². The van der Waals surface area contributed by atoms with Crippen LogP contribution >= 0.6 is 0 Å². The van der Waals surface area contributed by atoms with Gasteiger partial charge in [0.1, 0.15) is 0 Å². The molecule has 0 saturated heterocycles. The van der Waals surface area contributed by atoms with Gasteiger partial charge in [-0.1, -0.05) is 12.1 Å². The number of hydrogen-bond donors (Lipinski definition) is 1. The molecule has 0 radical (unpaired) electrons. The van der Waals surface area contributed by atoms with Crippen molar-refractivity contribution in [1.29, 1.82) is 0 Å². The van der Waals surface area contributed by atoms with Gasteiger partial charge in [-0.15, -0.1) is 10.2 Å².